The van der Waals surface area contributed by atoms with Crippen LogP contribution >= 0.6 is 0 Å². The summed E-state index contributed by atoms with van der Waals surface area (Å²) < 4.78 is 0. The molecule has 0 bridgehead atoms. The molecule has 0 saturated heterocycles. The fourth-order valence-corrected chi connectivity index (χ4v) is 1.29. The molecule has 0 aliphatic rings. The molecule has 1 aromatic carbocycles. The summed E-state index contributed by atoms with van der Waals surface area (Å²) in [7, 11) is 0. The molecule has 5 nitrogen and oxygen atoms in total. The topological polar surface area (TPSA) is 89.8 Å². The first-order valence-electron chi connectivity index (χ1n) is 5.37. The Kier molecular flexibility index (Phi) is 3.96. The highest BCUT2D eigenvalue weighted by molar-refractivity contribution is 5.97. The van der Waals surface area contributed by atoms with E-state index in [1.165, 1.54) is 18.2 Å². The minimum Gasteiger partial charge on any atom is -0.508 e. The van der Waals surface area contributed by atoms with Gasteiger partial charge in [0.1, 0.15) is 11.5 Å². The van der Waals surface area contributed by atoms with Crippen LogP contribution in [-0.2, 0) is 0 Å². The Hall–Kier alpha value is -1.75. The predicted molar refractivity (Wildman–Crippen MR) is 63.0 cm³/mol. The number of phenols is 2. The molecule has 0 radical (unpaired) electrons. The third-order valence-corrected chi connectivity index (χ3v) is 2.77. The van der Waals surface area contributed by atoms with Gasteiger partial charge in [0.25, 0.3) is 5.91 Å². The fraction of sp³-hybridized carbons (Fsp3) is 0.417. The van der Waals surface area contributed by atoms with Crippen molar-refractivity contribution in [2.24, 2.45) is 0 Å². The number of benzene rings is 1. The average Bonchev–Trinajstić information content (AvgIpc) is 2.32. The zero-order valence-corrected chi connectivity index (χ0v) is 9.90. The highest BCUT2D eigenvalue weighted by Gasteiger charge is 2.25. The number of phenolic OH excluding ortho intramolecular Hbond substituents is 2. The predicted octanol–water partition coefficient (Wildman–Crippen LogP) is 0.989. The maximum atomic E-state index is 11.9. The van der Waals surface area contributed by atoms with Gasteiger partial charge in [-0.25, -0.2) is 0 Å². The van der Waals surface area contributed by atoms with Crippen LogP contribution in [0.3, 0.4) is 0 Å². The van der Waals surface area contributed by atoms with E-state index in [1.54, 1.807) is 6.92 Å². The lowest BCUT2D eigenvalue weighted by Crippen LogP contribution is -2.48. The van der Waals surface area contributed by atoms with Crippen LogP contribution in [0.15, 0.2) is 18.2 Å². The van der Waals surface area contributed by atoms with Crippen molar-refractivity contribution in [3.8, 4) is 11.5 Å². The molecule has 1 rings (SSSR count). The van der Waals surface area contributed by atoms with E-state index < -0.39 is 11.4 Å². The number of hydrogen-bond donors (Lipinski definition) is 4. The van der Waals surface area contributed by atoms with Gasteiger partial charge in [0.2, 0.25) is 0 Å². The van der Waals surface area contributed by atoms with Crippen molar-refractivity contribution in [2.75, 3.05) is 6.61 Å². The van der Waals surface area contributed by atoms with Crippen molar-refractivity contribution in [2.45, 2.75) is 25.8 Å². The lowest BCUT2D eigenvalue weighted by molar-refractivity contribution is 0.0844. The number of aliphatic hydroxyl groups excluding tert-OH is 1. The van der Waals surface area contributed by atoms with E-state index in [0.29, 0.717) is 6.42 Å². The highest BCUT2D eigenvalue weighted by Crippen LogP contribution is 2.22. The Morgan fingerprint density at radius 3 is 2.59 bits per heavy atom. The number of aliphatic hydroxyl groups is 1. The van der Waals surface area contributed by atoms with Gasteiger partial charge in [-0.1, -0.05) is 6.92 Å². The van der Waals surface area contributed by atoms with E-state index in [1.807, 2.05) is 6.92 Å². The van der Waals surface area contributed by atoms with Crippen molar-refractivity contribution in [1.82, 2.24) is 5.32 Å². The van der Waals surface area contributed by atoms with Crippen LogP contribution in [0.5, 0.6) is 11.5 Å². The fourth-order valence-electron chi connectivity index (χ4n) is 1.29. The molecule has 1 amide bonds. The molecule has 1 unspecified atom stereocenters. The zero-order chi connectivity index (χ0) is 13.1. The normalized spacial score (nSPS) is 14.1. The molecular weight excluding hydrogens is 222 g/mol. The summed E-state index contributed by atoms with van der Waals surface area (Å²) in [6, 6.07) is 3.71. The minimum absolute atomic E-state index is 0.0156. The largest absolute Gasteiger partial charge is 0.508 e. The van der Waals surface area contributed by atoms with Gasteiger partial charge in [0, 0.05) is 0 Å². The number of hydrogen-bond acceptors (Lipinski definition) is 4. The number of nitrogens with one attached hydrogen (secondary N) is 1. The van der Waals surface area contributed by atoms with Gasteiger partial charge < -0.3 is 20.6 Å². The molecular formula is C12H17NO4. The second kappa shape index (κ2) is 5.05. The molecule has 0 spiro atoms. The maximum absolute atomic E-state index is 11.9. The van der Waals surface area contributed by atoms with E-state index >= 15 is 0 Å². The first-order chi connectivity index (χ1) is 7.91. The maximum Gasteiger partial charge on any atom is 0.255 e. The monoisotopic (exact) mass is 239 g/mol. The molecule has 0 aromatic heterocycles. The Morgan fingerprint density at radius 1 is 1.41 bits per heavy atom. The first-order valence-corrected chi connectivity index (χ1v) is 5.37. The Morgan fingerprint density at radius 2 is 2.06 bits per heavy atom. The van der Waals surface area contributed by atoms with Crippen LogP contribution in [0, 0.1) is 0 Å². The molecule has 1 atom stereocenters. The second-order valence-electron chi connectivity index (χ2n) is 4.23. The van der Waals surface area contributed by atoms with Crippen LogP contribution in [0.1, 0.15) is 30.6 Å². The van der Waals surface area contributed by atoms with Crippen LogP contribution in [0.25, 0.3) is 0 Å². The molecule has 0 heterocycles. The second-order valence-corrected chi connectivity index (χ2v) is 4.23. The van der Waals surface area contributed by atoms with Crippen molar-refractivity contribution in [3.63, 3.8) is 0 Å². The van der Waals surface area contributed by atoms with Crippen LogP contribution in [-0.4, -0.2) is 33.4 Å². The minimum atomic E-state index is -0.741. The van der Waals surface area contributed by atoms with Crippen LogP contribution in [0.2, 0.25) is 0 Å². The molecule has 1 aromatic rings. The van der Waals surface area contributed by atoms with Gasteiger partial charge in [-0.3, -0.25) is 4.79 Å². The molecule has 0 saturated carbocycles. The van der Waals surface area contributed by atoms with E-state index in [-0.39, 0.29) is 23.7 Å². The number of rotatable bonds is 4. The summed E-state index contributed by atoms with van der Waals surface area (Å²) in [6.07, 6.45) is 0.550. The summed E-state index contributed by atoms with van der Waals surface area (Å²) in [5.74, 6) is -0.844. The van der Waals surface area contributed by atoms with Crippen LogP contribution < -0.4 is 5.32 Å². The average molecular weight is 239 g/mol. The lowest BCUT2D eigenvalue weighted by Gasteiger charge is -2.27. The van der Waals surface area contributed by atoms with E-state index in [9.17, 15) is 20.1 Å². The quantitative estimate of drug-likeness (QED) is 0.590. The van der Waals surface area contributed by atoms with Gasteiger partial charge >= 0.3 is 0 Å². The lowest BCUT2D eigenvalue weighted by atomic mass is 9.99. The summed E-state index contributed by atoms with van der Waals surface area (Å²) >= 11 is 0. The zero-order valence-electron chi connectivity index (χ0n) is 9.90. The van der Waals surface area contributed by atoms with Gasteiger partial charge in [0.15, 0.2) is 0 Å². The van der Waals surface area contributed by atoms with Crippen molar-refractivity contribution in [1.29, 1.82) is 0 Å². The van der Waals surface area contributed by atoms with Crippen LogP contribution in [0.4, 0.5) is 0 Å². The van der Waals surface area contributed by atoms with Crippen molar-refractivity contribution < 1.29 is 20.1 Å². The molecule has 94 valence electrons. The molecule has 0 aliphatic heterocycles. The SMILES string of the molecule is CCC(C)(CO)NC(=O)c1cc(O)ccc1O. The van der Waals surface area contributed by atoms with Gasteiger partial charge in [-0.05, 0) is 31.5 Å². The number of aromatic hydroxyl groups is 2. The molecule has 4 N–H and O–H groups in total. The molecule has 5 heteroatoms. The third kappa shape index (κ3) is 3.10. The van der Waals surface area contributed by atoms with E-state index in [4.69, 9.17) is 0 Å². The molecule has 17 heavy (non-hydrogen) atoms. The number of carbonyl (C=O) groups is 1. The Bertz CT molecular complexity index is 413. The summed E-state index contributed by atoms with van der Waals surface area (Å²) in [5.41, 5.74) is -0.757. The van der Waals surface area contributed by atoms with Crippen molar-refractivity contribution >= 4 is 5.91 Å². The Labute approximate surface area is 99.7 Å². The highest BCUT2D eigenvalue weighted by atomic mass is 16.3. The Balaban J connectivity index is 2.94. The summed E-state index contributed by atoms with van der Waals surface area (Å²) in [6.45, 7) is 3.33. The third-order valence-electron chi connectivity index (χ3n) is 2.77. The standard InChI is InChI=1S/C12H17NO4/c1-3-12(2,7-14)13-11(17)9-6-8(15)4-5-10(9)16/h4-6,14-16H,3,7H2,1-2H3,(H,13,17). The van der Waals surface area contributed by atoms with Crippen molar-refractivity contribution in [3.05, 3.63) is 23.8 Å². The first kappa shape index (κ1) is 13.3. The van der Waals surface area contributed by atoms with E-state index in [0.717, 1.165) is 0 Å². The van der Waals surface area contributed by atoms with Gasteiger partial charge in [0.05, 0.1) is 17.7 Å². The summed E-state index contributed by atoms with van der Waals surface area (Å²) in [5, 5.41) is 30.6. The van der Waals surface area contributed by atoms with Gasteiger partial charge in [-0.2, -0.15) is 0 Å². The molecule has 0 fully saturated rings. The smallest absolute Gasteiger partial charge is 0.255 e. The van der Waals surface area contributed by atoms with E-state index in [2.05, 4.69) is 5.32 Å². The summed E-state index contributed by atoms with van der Waals surface area (Å²) in [4.78, 5) is 11.9. The molecule has 0 aliphatic carbocycles. The van der Waals surface area contributed by atoms with Gasteiger partial charge in [-0.15, -0.1) is 0 Å². The number of carbonyl (C=O) groups excluding carboxylic acids is 1. The number of amides is 1.